The molecule has 146 valence electrons. The number of ether oxygens (including phenoxy) is 1. The van der Waals surface area contributed by atoms with E-state index < -0.39 is 0 Å². The molecule has 1 atom stereocenters. The third-order valence-electron chi connectivity index (χ3n) is 4.64. The van der Waals surface area contributed by atoms with Gasteiger partial charge in [-0.05, 0) is 31.0 Å². The van der Waals surface area contributed by atoms with E-state index in [1.54, 1.807) is 10.9 Å². The van der Waals surface area contributed by atoms with Crippen LogP contribution in [0.2, 0.25) is 5.02 Å². The zero-order valence-electron chi connectivity index (χ0n) is 16.1. The van der Waals surface area contributed by atoms with E-state index in [4.69, 9.17) is 16.3 Å². The molecule has 0 spiro atoms. The van der Waals surface area contributed by atoms with Crippen LogP contribution in [0.3, 0.4) is 0 Å². The molecule has 1 aliphatic rings. The third kappa shape index (κ3) is 5.09. The molecule has 3 rings (SSSR count). The normalized spacial score (nSPS) is 18.0. The number of carbonyl (C=O) groups is 1. The fourth-order valence-electron chi connectivity index (χ4n) is 3.39. The number of halogens is 1. The molecule has 6 nitrogen and oxygen atoms in total. The molecule has 1 amide bonds. The van der Waals surface area contributed by atoms with Crippen LogP contribution in [0, 0.1) is 12.8 Å². The summed E-state index contributed by atoms with van der Waals surface area (Å²) in [5.74, 6) is 0.490. The Hall–Kier alpha value is -1.89. The molecular weight excluding hydrogens is 364 g/mol. The average molecular weight is 391 g/mol. The Balaban J connectivity index is 1.60. The fraction of sp³-hybridized carbons (Fsp3) is 0.500. The van der Waals surface area contributed by atoms with Gasteiger partial charge in [0, 0.05) is 31.2 Å². The van der Waals surface area contributed by atoms with Crippen LogP contribution in [0.1, 0.15) is 29.9 Å². The maximum absolute atomic E-state index is 12.6. The zero-order valence-corrected chi connectivity index (χ0v) is 16.9. The Morgan fingerprint density at radius 3 is 3.00 bits per heavy atom. The average Bonchev–Trinajstić information content (AvgIpc) is 3.01. The summed E-state index contributed by atoms with van der Waals surface area (Å²) < 4.78 is 7.53. The van der Waals surface area contributed by atoms with Crippen LogP contribution in [0.25, 0.3) is 5.69 Å². The molecule has 0 saturated carbocycles. The molecule has 1 N–H and O–H groups in total. The van der Waals surface area contributed by atoms with Gasteiger partial charge in [0.15, 0.2) is 0 Å². The smallest absolute Gasteiger partial charge is 0.254 e. The molecule has 0 bridgehead atoms. The fourth-order valence-corrected chi connectivity index (χ4v) is 3.57. The van der Waals surface area contributed by atoms with Gasteiger partial charge in [-0.2, -0.15) is 5.10 Å². The lowest BCUT2D eigenvalue weighted by atomic mass is 10.1. The molecule has 1 aromatic carbocycles. The van der Waals surface area contributed by atoms with E-state index in [1.165, 1.54) is 0 Å². The predicted octanol–water partition coefficient (Wildman–Crippen LogP) is 2.92. The lowest BCUT2D eigenvalue weighted by Gasteiger charge is -2.33. The second-order valence-corrected chi connectivity index (χ2v) is 7.83. The number of rotatable bonds is 6. The van der Waals surface area contributed by atoms with E-state index in [1.807, 2.05) is 31.2 Å². The first-order valence-corrected chi connectivity index (χ1v) is 9.74. The number of carbonyl (C=O) groups excluding carboxylic acids is 1. The molecule has 1 aromatic heterocycles. The molecule has 0 aliphatic carbocycles. The van der Waals surface area contributed by atoms with Crippen LogP contribution in [0.5, 0.6) is 0 Å². The Labute approximate surface area is 165 Å². The predicted molar refractivity (Wildman–Crippen MR) is 107 cm³/mol. The van der Waals surface area contributed by atoms with Crippen LogP contribution in [0.4, 0.5) is 0 Å². The van der Waals surface area contributed by atoms with Crippen LogP contribution in [-0.4, -0.2) is 59.5 Å². The summed E-state index contributed by atoms with van der Waals surface area (Å²) in [6.45, 7) is 10.4. The first-order chi connectivity index (χ1) is 12.9. The highest BCUT2D eigenvalue weighted by molar-refractivity contribution is 6.30. The molecule has 1 saturated heterocycles. The molecule has 2 heterocycles. The summed E-state index contributed by atoms with van der Waals surface area (Å²) in [6.07, 6.45) is 1.61. The summed E-state index contributed by atoms with van der Waals surface area (Å²) in [6, 6.07) is 7.40. The highest BCUT2D eigenvalue weighted by Crippen LogP contribution is 2.18. The first-order valence-electron chi connectivity index (χ1n) is 9.36. The van der Waals surface area contributed by atoms with Crippen LogP contribution in [0.15, 0.2) is 30.5 Å². The Morgan fingerprint density at radius 2 is 2.26 bits per heavy atom. The van der Waals surface area contributed by atoms with Gasteiger partial charge in [0.05, 0.1) is 35.9 Å². The minimum atomic E-state index is -0.134. The van der Waals surface area contributed by atoms with Gasteiger partial charge in [-0.25, -0.2) is 4.68 Å². The first kappa shape index (κ1) is 19.9. The maximum Gasteiger partial charge on any atom is 0.254 e. The van der Waals surface area contributed by atoms with Gasteiger partial charge < -0.3 is 10.1 Å². The maximum atomic E-state index is 12.6. The Bertz CT molecular complexity index is 790. The van der Waals surface area contributed by atoms with Crippen LogP contribution < -0.4 is 5.32 Å². The standard InChI is InChI=1S/C20H27ClN4O2/c1-14(2)12-24-7-8-27-18(13-24)10-22-20(26)19-11-23-25(15(19)3)17-6-4-5-16(21)9-17/h4-6,9,11,14,18H,7-8,10,12-13H2,1-3H3,(H,22,26). The van der Waals surface area contributed by atoms with E-state index >= 15 is 0 Å². The quantitative estimate of drug-likeness (QED) is 0.823. The van der Waals surface area contributed by atoms with Crippen molar-refractivity contribution < 1.29 is 9.53 Å². The molecule has 2 aromatic rings. The largest absolute Gasteiger partial charge is 0.374 e. The molecule has 1 fully saturated rings. The highest BCUT2D eigenvalue weighted by atomic mass is 35.5. The number of nitrogens with one attached hydrogen (secondary N) is 1. The van der Waals surface area contributed by atoms with Gasteiger partial charge >= 0.3 is 0 Å². The number of aromatic nitrogens is 2. The summed E-state index contributed by atoms with van der Waals surface area (Å²) in [5.41, 5.74) is 2.17. The van der Waals surface area contributed by atoms with Gasteiger partial charge in [0.2, 0.25) is 0 Å². The summed E-state index contributed by atoms with van der Waals surface area (Å²) in [4.78, 5) is 15.0. The van der Waals surface area contributed by atoms with Crippen molar-refractivity contribution >= 4 is 17.5 Å². The number of morpholine rings is 1. The molecule has 1 aliphatic heterocycles. The number of hydrogen-bond acceptors (Lipinski definition) is 4. The topological polar surface area (TPSA) is 59.4 Å². The van der Waals surface area contributed by atoms with E-state index in [0.29, 0.717) is 29.7 Å². The van der Waals surface area contributed by atoms with E-state index in [0.717, 1.165) is 31.0 Å². The number of hydrogen-bond donors (Lipinski definition) is 1. The van der Waals surface area contributed by atoms with Gasteiger partial charge in [-0.3, -0.25) is 9.69 Å². The van der Waals surface area contributed by atoms with E-state index in [9.17, 15) is 4.79 Å². The summed E-state index contributed by atoms with van der Waals surface area (Å²) in [5, 5.41) is 7.97. The molecule has 27 heavy (non-hydrogen) atoms. The summed E-state index contributed by atoms with van der Waals surface area (Å²) >= 11 is 6.06. The molecule has 1 unspecified atom stereocenters. The van der Waals surface area contributed by atoms with Crippen molar-refractivity contribution in [3.8, 4) is 5.69 Å². The van der Waals surface area contributed by atoms with E-state index in [-0.39, 0.29) is 12.0 Å². The van der Waals surface area contributed by atoms with Crippen molar-refractivity contribution in [3.63, 3.8) is 0 Å². The van der Waals surface area contributed by atoms with Gasteiger partial charge in [-0.1, -0.05) is 31.5 Å². The van der Waals surface area contributed by atoms with Crippen molar-refractivity contribution in [3.05, 3.63) is 46.7 Å². The van der Waals surface area contributed by atoms with Crippen molar-refractivity contribution in [1.29, 1.82) is 0 Å². The van der Waals surface area contributed by atoms with Crippen molar-refractivity contribution in [1.82, 2.24) is 20.0 Å². The van der Waals surface area contributed by atoms with Gasteiger partial charge in [0.1, 0.15) is 0 Å². The highest BCUT2D eigenvalue weighted by Gasteiger charge is 2.22. The number of benzene rings is 1. The zero-order chi connectivity index (χ0) is 19.4. The second kappa shape index (κ2) is 8.87. The Morgan fingerprint density at radius 1 is 1.44 bits per heavy atom. The Kier molecular flexibility index (Phi) is 6.52. The van der Waals surface area contributed by atoms with Crippen molar-refractivity contribution in [2.24, 2.45) is 5.92 Å². The van der Waals surface area contributed by atoms with Crippen molar-refractivity contribution in [2.45, 2.75) is 26.9 Å². The molecule has 7 heteroatoms. The second-order valence-electron chi connectivity index (χ2n) is 7.39. The number of amides is 1. The SMILES string of the molecule is Cc1c(C(=O)NCC2CN(CC(C)C)CCO2)cnn1-c1cccc(Cl)c1. The minimum absolute atomic E-state index is 0.0183. The summed E-state index contributed by atoms with van der Waals surface area (Å²) in [7, 11) is 0. The van der Waals surface area contributed by atoms with Gasteiger partial charge in [-0.15, -0.1) is 0 Å². The third-order valence-corrected chi connectivity index (χ3v) is 4.88. The monoisotopic (exact) mass is 390 g/mol. The van der Waals surface area contributed by atoms with E-state index in [2.05, 4.69) is 29.2 Å². The van der Waals surface area contributed by atoms with Crippen LogP contribution >= 0.6 is 11.6 Å². The number of nitrogens with zero attached hydrogens (tertiary/aromatic N) is 3. The van der Waals surface area contributed by atoms with Crippen LogP contribution in [-0.2, 0) is 4.74 Å². The lowest BCUT2D eigenvalue weighted by molar-refractivity contribution is -0.0295. The molecule has 0 radical (unpaired) electrons. The minimum Gasteiger partial charge on any atom is -0.374 e. The molecular formula is C20H27ClN4O2. The van der Waals surface area contributed by atoms with Crippen molar-refractivity contribution in [2.75, 3.05) is 32.8 Å². The lowest BCUT2D eigenvalue weighted by Crippen LogP contribution is -2.48. The van der Waals surface area contributed by atoms with Gasteiger partial charge in [0.25, 0.3) is 5.91 Å².